The highest BCUT2D eigenvalue weighted by Gasteiger charge is 2.11. The largest absolute Gasteiger partial charge is 0.237 e. The SMILES string of the molecule is CCCCC(CCC(N=C=O)N=C=O)N=C=O. The van der Waals surface area contributed by atoms with Crippen LogP contribution >= 0.6 is 0 Å². The second kappa shape index (κ2) is 10.7. The Labute approximate surface area is 99.6 Å². The second-order valence-electron chi connectivity index (χ2n) is 3.52. The zero-order valence-corrected chi connectivity index (χ0v) is 9.76. The third-order valence-corrected chi connectivity index (χ3v) is 2.29. The molecule has 0 aromatic rings. The van der Waals surface area contributed by atoms with Crippen molar-refractivity contribution in [2.75, 3.05) is 0 Å². The summed E-state index contributed by atoms with van der Waals surface area (Å²) in [4.78, 5) is 40.7. The molecule has 0 bridgehead atoms. The van der Waals surface area contributed by atoms with Gasteiger partial charge in [0, 0.05) is 0 Å². The predicted octanol–water partition coefficient (Wildman–Crippen LogP) is 1.66. The lowest BCUT2D eigenvalue weighted by Crippen LogP contribution is -2.09. The van der Waals surface area contributed by atoms with Crippen molar-refractivity contribution in [3.63, 3.8) is 0 Å². The highest BCUT2D eigenvalue weighted by molar-refractivity contribution is 5.37. The van der Waals surface area contributed by atoms with Crippen LogP contribution in [-0.2, 0) is 14.4 Å². The minimum Gasteiger partial charge on any atom is -0.211 e. The van der Waals surface area contributed by atoms with E-state index >= 15 is 0 Å². The van der Waals surface area contributed by atoms with Gasteiger partial charge in [-0.25, -0.2) is 19.4 Å². The van der Waals surface area contributed by atoms with Crippen molar-refractivity contribution in [2.45, 2.75) is 51.2 Å². The Morgan fingerprint density at radius 1 is 0.882 bits per heavy atom. The van der Waals surface area contributed by atoms with E-state index < -0.39 is 6.17 Å². The number of isocyanates is 3. The van der Waals surface area contributed by atoms with Crippen LogP contribution in [0.15, 0.2) is 15.0 Å². The highest BCUT2D eigenvalue weighted by Crippen LogP contribution is 2.13. The number of carbonyl (C=O) groups excluding carboxylic acids is 3. The fraction of sp³-hybridized carbons (Fsp3) is 0.727. The Balaban J connectivity index is 4.29. The maximum absolute atomic E-state index is 10.2. The summed E-state index contributed by atoms with van der Waals surface area (Å²) in [7, 11) is 0. The van der Waals surface area contributed by atoms with Crippen LogP contribution in [-0.4, -0.2) is 30.4 Å². The highest BCUT2D eigenvalue weighted by atomic mass is 16.1. The van der Waals surface area contributed by atoms with Gasteiger partial charge in [-0.05, 0) is 19.3 Å². The van der Waals surface area contributed by atoms with E-state index in [2.05, 4.69) is 15.0 Å². The summed E-state index contributed by atoms with van der Waals surface area (Å²) in [6, 6.07) is -0.154. The van der Waals surface area contributed by atoms with Gasteiger partial charge in [0.25, 0.3) is 0 Å². The normalized spacial score (nSPS) is 12.5. The molecule has 0 spiro atoms. The maximum Gasteiger partial charge on any atom is 0.237 e. The van der Waals surface area contributed by atoms with Crippen molar-refractivity contribution in [1.29, 1.82) is 0 Å². The fourth-order valence-electron chi connectivity index (χ4n) is 1.41. The van der Waals surface area contributed by atoms with Crippen molar-refractivity contribution in [3.05, 3.63) is 0 Å². The predicted molar refractivity (Wildman–Crippen MR) is 60.7 cm³/mol. The topological polar surface area (TPSA) is 88.3 Å². The number of unbranched alkanes of at least 4 members (excludes halogenated alkanes) is 1. The van der Waals surface area contributed by atoms with Crippen LogP contribution in [0.1, 0.15) is 39.0 Å². The lowest BCUT2D eigenvalue weighted by molar-refractivity contribution is 0.480. The summed E-state index contributed by atoms with van der Waals surface area (Å²) in [6.07, 6.45) is 7.07. The Morgan fingerprint density at radius 2 is 1.47 bits per heavy atom. The van der Waals surface area contributed by atoms with Crippen LogP contribution in [0.4, 0.5) is 0 Å². The fourth-order valence-corrected chi connectivity index (χ4v) is 1.41. The molecule has 6 nitrogen and oxygen atoms in total. The molecule has 1 unspecified atom stereocenters. The van der Waals surface area contributed by atoms with E-state index in [1.807, 2.05) is 6.92 Å². The molecule has 0 aliphatic carbocycles. The average molecular weight is 237 g/mol. The molecule has 0 aromatic carbocycles. The van der Waals surface area contributed by atoms with Gasteiger partial charge in [-0.15, -0.1) is 0 Å². The third-order valence-electron chi connectivity index (χ3n) is 2.29. The Kier molecular flexibility index (Phi) is 9.49. The Bertz CT molecular complexity index is 333. The molecule has 17 heavy (non-hydrogen) atoms. The first-order chi connectivity index (χ1) is 8.28. The van der Waals surface area contributed by atoms with Crippen molar-refractivity contribution < 1.29 is 14.4 Å². The van der Waals surface area contributed by atoms with Gasteiger partial charge in [0.2, 0.25) is 18.2 Å². The summed E-state index contributed by atoms with van der Waals surface area (Å²) in [5, 5.41) is 0. The smallest absolute Gasteiger partial charge is 0.211 e. The summed E-state index contributed by atoms with van der Waals surface area (Å²) >= 11 is 0. The van der Waals surface area contributed by atoms with Crippen LogP contribution in [0.3, 0.4) is 0 Å². The first-order valence-electron chi connectivity index (χ1n) is 5.49. The summed E-state index contributed by atoms with van der Waals surface area (Å²) in [5.74, 6) is 0. The maximum atomic E-state index is 10.2. The van der Waals surface area contributed by atoms with Gasteiger partial charge in [0.15, 0.2) is 6.17 Å². The second-order valence-corrected chi connectivity index (χ2v) is 3.52. The standard InChI is InChI=1S/C11H15N3O3/c1-2-3-4-10(12-7-15)5-6-11(13-8-16)14-9-17/h10-11H,2-6H2,1H3. The molecular weight excluding hydrogens is 222 g/mol. The number of hydrogen-bond acceptors (Lipinski definition) is 6. The van der Waals surface area contributed by atoms with Crippen molar-refractivity contribution in [3.8, 4) is 0 Å². The van der Waals surface area contributed by atoms with E-state index in [9.17, 15) is 14.4 Å². The van der Waals surface area contributed by atoms with E-state index in [0.29, 0.717) is 12.8 Å². The Morgan fingerprint density at radius 3 is 1.94 bits per heavy atom. The number of hydrogen-bond donors (Lipinski definition) is 0. The molecule has 0 rings (SSSR count). The van der Waals surface area contributed by atoms with Crippen LogP contribution in [0, 0.1) is 0 Å². The van der Waals surface area contributed by atoms with Gasteiger partial charge in [0.05, 0.1) is 6.04 Å². The zero-order valence-electron chi connectivity index (χ0n) is 9.76. The molecule has 0 N–H and O–H groups in total. The van der Waals surface area contributed by atoms with Crippen molar-refractivity contribution >= 4 is 18.2 Å². The molecule has 0 saturated heterocycles. The minimum atomic E-state index is -0.768. The van der Waals surface area contributed by atoms with E-state index in [0.717, 1.165) is 19.3 Å². The van der Waals surface area contributed by atoms with Gasteiger partial charge >= 0.3 is 0 Å². The minimum absolute atomic E-state index is 0.154. The van der Waals surface area contributed by atoms with Gasteiger partial charge in [0.1, 0.15) is 0 Å². The number of rotatable bonds is 9. The quantitative estimate of drug-likeness (QED) is 0.451. The van der Waals surface area contributed by atoms with E-state index in [1.54, 1.807) is 0 Å². The molecule has 0 amide bonds. The molecule has 0 radical (unpaired) electrons. The van der Waals surface area contributed by atoms with E-state index in [1.165, 1.54) is 18.2 Å². The van der Waals surface area contributed by atoms with Crippen LogP contribution < -0.4 is 0 Å². The van der Waals surface area contributed by atoms with Gasteiger partial charge in [-0.1, -0.05) is 19.8 Å². The molecule has 0 aliphatic heterocycles. The summed E-state index contributed by atoms with van der Waals surface area (Å²) in [5.41, 5.74) is 0. The molecule has 1 atom stereocenters. The van der Waals surface area contributed by atoms with E-state index in [-0.39, 0.29) is 6.04 Å². The van der Waals surface area contributed by atoms with E-state index in [4.69, 9.17) is 0 Å². The van der Waals surface area contributed by atoms with Crippen molar-refractivity contribution in [1.82, 2.24) is 0 Å². The molecule has 0 aliphatic rings. The molecule has 0 fully saturated rings. The van der Waals surface area contributed by atoms with Gasteiger partial charge in [-0.2, -0.15) is 9.98 Å². The monoisotopic (exact) mass is 237 g/mol. The number of aliphatic imine (C=N–C) groups is 3. The lowest BCUT2D eigenvalue weighted by atomic mass is 10.0. The van der Waals surface area contributed by atoms with Crippen LogP contribution in [0.25, 0.3) is 0 Å². The van der Waals surface area contributed by atoms with Gasteiger partial charge in [-0.3, -0.25) is 0 Å². The van der Waals surface area contributed by atoms with Crippen molar-refractivity contribution in [2.24, 2.45) is 15.0 Å². The number of nitrogens with zero attached hydrogens (tertiary/aromatic N) is 3. The first kappa shape index (κ1) is 15.1. The molecule has 0 aromatic heterocycles. The average Bonchev–Trinajstić information content (AvgIpc) is 2.33. The molecule has 92 valence electrons. The molecule has 0 saturated carbocycles. The summed E-state index contributed by atoms with van der Waals surface area (Å²) in [6.45, 7) is 2.04. The van der Waals surface area contributed by atoms with Crippen LogP contribution in [0.2, 0.25) is 0 Å². The summed E-state index contributed by atoms with van der Waals surface area (Å²) < 4.78 is 0. The molecule has 6 heteroatoms. The third kappa shape index (κ3) is 8.00. The zero-order chi connectivity index (χ0) is 12.9. The molecular formula is C11H15N3O3. The first-order valence-corrected chi connectivity index (χ1v) is 5.49. The Hall–Kier alpha value is -1.86. The lowest BCUT2D eigenvalue weighted by Gasteiger charge is -2.10. The molecule has 0 heterocycles. The van der Waals surface area contributed by atoms with Crippen LogP contribution in [0.5, 0.6) is 0 Å². The van der Waals surface area contributed by atoms with Gasteiger partial charge < -0.3 is 0 Å².